The highest BCUT2D eigenvalue weighted by Gasteiger charge is 2.23. The molecule has 1 aliphatic heterocycles. The third kappa shape index (κ3) is 5.17. The lowest BCUT2D eigenvalue weighted by Crippen LogP contribution is -2.39. The first-order valence-corrected chi connectivity index (χ1v) is 13.7. The molecule has 33 heavy (non-hydrogen) atoms. The van der Waals surface area contributed by atoms with E-state index in [9.17, 15) is 14.0 Å². The lowest BCUT2D eigenvalue weighted by atomic mass is 9.90. The summed E-state index contributed by atoms with van der Waals surface area (Å²) in [7, 11) is 0. The second-order valence-corrected chi connectivity index (χ2v) is 11.2. The van der Waals surface area contributed by atoms with Crippen molar-refractivity contribution >= 4 is 39.2 Å². The van der Waals surface area contributed by atoms with Gasteiger partial charge >= 0.3 is 0 Å². The van der Waals surface area contributed by atoms with Gasteiger partial charge in [-0.05, 0) is 67.7 Å². The van der Waals surface area contributed by atoms with E-state index in [4.69, 9.17) is 0 Å². The molecule has 1 saturated heterocycles. The zero-order valence-corrected chi connectivity index (χ0v) is 20.2. The number of likely N-dealkylation sites (tertiary alicyclic amines) is 1. The molecule has 2 aromatic heterocycles. The summed E-state index contributed by atoms with van der Waals surface area (Å²) in [5, 5.41) is 0.789. The third-order valence-corrected chi connectivity index (χ3v) is 8.86. The molecule has 1 N–H and O–H groups in total. The number of carbonyl (C=O) groups is 1. The highest BCUT2D eigenvalue weighted by Crippen LogP contribution is 2.34. The summed E-state index contributed by atoms with van der Waals surface area (Å²) in [5.41, 5.74) is 2.22. The lowest BCUT2D eigenvalue weighted by molar-refractivity contribution is -0.132. The van der Waals surface area contributed by atoms with Crippen LogP contribution < -0.4 is 5.56 Å². The van der Waals surface area contributed by atoms with E-state index in [0.717, 1.165) is 67.4 Å². The van der Waals surface area contributed by atoms with Crippen molar-refractivity contribution in [2.75, 3.05) is 18.8 Å². The molecule has 0 radical (unpaired) electrons. The van der Waals surface area contributed by atoms with E-state index < -0.39 is 0 Å². The van der Waals surface area contributed by atoms with Crippen molar-refractivity contribution in [2.45, 2.75) is 50.7 Å². The molecule has 174 valence electrons. The quantitative estimate of drug-likeness (QED) is 0.492. The molecule has 0 bridgehead atoms. The number of piperidine rings is 1. The van der Waals surface area contributed by atoms with Gasteiger partial charge in [-0.1, -0.05) is 12.1 Å². The van der Waals surface area contributed by atoms with Gasteiger partial charge in [0.05, 0.1) is 11.1 Å². The number of halogens is 1. The minimum Gasteiger partial charge on any atom is -0.343 e. The van der Waals surface area contributed by atoms with E-state index in [0.29, 0.717) is 29.7 Å². The number of amides is 1. The standard InChI is InChI=1S/C25H28FN3O2S2/c26-18-4-1-3-17(14-18)13-16-7-10-29(11-8-16)22(30)9-12-32-15-21-27-24(31)23-19-5-2-6-20(19)33-25(23)28-21/h1,3-4,14,16H,2,5-13,15H2,(H,27,28,31). The molecule has 5 rings (SSSR count). The fourth-order valence-corrected chi connectivity index (χ4v) is 7.06. The van der Waals surface area contributed by atoms with E-state index >= 15 is 0 Å². The Morgan fingerprint density at radius 3 is 2.94 bits per heavy atom. The zero-order chi connectivity index (χ0) is 22.8. The van der Waals surface area contributed by atoms with Crippen molar-refractivity contribution in [3.63, 3.8) is 0 Å². The van der Waals surface area contributed by atoms with Crippen LogP contribution in [0.3, 0.4) is 0 Å². The summed E-state index contributed by atoms with van der Waals surface area (Å²) < 4.78 is 13.4. The third-order valence-electron chi connectivity index (χ3n) is 6.70. The summed E-state index contributed by atoms with van der Waals surface area (Å²) in [6.45, 7) is 1.55. The van der Waals surface area contributed by atoms with Gasteiger partial charge in [0, 0.05) is 30.1 Å². The van der Waals surface area contributed by atoms with E-state index in [2.05, 4.69) is 9.97 Å². The number of nitrogens with zero attached hydrogens (tertiary/aromatic N) is 2. The minimum absolute atomic E-state index is 0.0211. The summed E-state index contributed by atoms with van der Waals surface area (Å²) >= 11 is 3.30. The number of nitrogens with one attached hydrogen (secondary N) is 1. The number of hydrogen-bond acceptors (Lipinski definition) is 5. The molecule has 8 heteroatoms. The molecule has 1 amide bonds. The maximum absolute atomic E-state index is 13.4. The van der Waals surface area contributed by atoms with Crippen molar-refractivity contribution in [1.82, 2.24) is 14.9 Å². The first kappa shape index (κ1) is 22.6. The van der Waals surface area contributed by atoms with Crippen LogP contribution in [0.5, 0.6) is 0 Å². The molecule has 3 aromatic rings. The minimum atomic E-state index is -0.184. The fraction of sp³-hybridized carbons (Fsp3) is 0.480. The van der Waals surface area contributed by atoms with Gasteiger partial charge in [0.25, 0.3) is 5.56 Å². The van der Waals surface area contributed by atoms with Crippen LogP contribution in [0.2, 0.25) is 0 Å². The Bertz CT molecular complexity index is 1210. The van der Waals surface area contributed by atoms with Crippen LogP contribution in [0.25, 0.3) is 10.2 Å². The number of fused-ring (bicyclic) bond motifs is 3. The second-order valence-electron chi connectivity index (χ2n) is 9.01. The van der Waals surface area contributed by atoms with E-state index in [1.165, 1.54) is 16.5 Å². The first-order valence-electron chi connectivity index (χ1n) is 11.7. The Labute approximate surface area is 200 Å². The van der Waals surface area contributed by atoms with Gasteiger partial charge in [-0.15, -0.1) is 11.3 Å². The lowest BCUT2D eigenvalue weighted by Gasteiger charge is -2.32. The second kappa shape index (κ2) is 9.97. The predicted molar refractivity (Wildman–Crippen MR) is 132 cm³/mol. The molecule has 2 aliphatic rings. The molecule has 0 unspecified atom stereocenters. The number of H-pyrrole nitrogens is 1. The Morgan fingerprint density at radius 2 is 2.12 bits per heavy atom. The Balaban J connectivity index is 1.06. The van der Waals surface area contributed by atoms with Gasteiger partial charge in [-0.2, -0.15) is 11.8 Å². The summed E-state index contributed by atoms with van der Waals surface area (Å²) in [4.78, 5) is 36.9. The predicted octanol–water partition coefficient (Wildman–Crippen LogP) is 4.72. The van der Waals surface area contributed by atoms with E-state index in [-0.39, 0.29) is 17.3 Å². The zero-order valence-electron chi connectivity index (χ0n) is 18.6. The van der Waals surface area contributed by atoms with Crippen LogP contribution >= 0.6 is 23.1 Å². The number of aromatic amines is 1. The topological polar surface area (TPSA) is 66.1 Å². The SMILES string of the molecule is O=C(CCSCc1nc2sc3c(c2c(=O)[nH]1)CCC3)N1CCC(Cc2cccc(F)c2)CC1. The molecule has 1 aromatic carbocycles. The molecule has 3 heterocycles. The molecular weight excluding hydrogens is 457 g/mol. The number of thioether (sulfide) groups is 1. The molecule has 0 spiro atoms. The number of thiophene rings is 1. The molecular formula is C25H28FN3O2S2. The van der Waals surface area contributed by atoms with Crippen LogP contribution in [0.1, 0.15) is 47.5 Å². The number of aromatic nitrogens is 2. The number of rotatable bonds is 7. The van der Waals surface area contributed by atoms with Gasteiger partial charge in [0.15, 0.2) is 0 Å². The Morgan fingerprint density at radius 1 is 1.27 bits per heavy atom. The van der Waals surface area contributed by atoms with E-state index in [1.54, 1.807) is 35.2 Å². The Hall–Kier alpha value is -2.19. The molecule has 1 aliphatic carbocycles. The normalized spacial score (nSPS) is 16.5. The van der Waals surface area contributed by atoms with Crippen LogP contribution in [-0.2, 0) is 29.8 Å². The first-order chi connectivity index (χ1) is 16.1. The Kier molecular flexibility index (Phi) is 6.83. The smallest absolute Gasteiger partial charge is 0.259 e. The number of carbonyl (C=O) groups excluding carboxylic acids is 1. The monoisotopic (exact) mass is 485 g/mol. The van der Waals surface area contributed by atoms with Crippen molar-refractivity contribution in [1.29, 1.82) is 0 Å². The van der Waals surface area contributed by atoms with Crippen LogP contribution in [0, 0.1) is 11.7 Å². The molecule has 0 saturated carbocycles. The van der Waals surface area contributed by atoms with Crippen molar-refractivity contribution < 1.29 is 9.18 Å². The van der Waals surface area contributed by atoms with Crippen LogP contribution in [0.15, 0.2) is 29.1 Å². The van der Waals surface area contributed by atoms with Crippen LogP contribution in [0.4, 0.5) is 4.39 Å². The maximum atomic E-state index is 13.4. The molecule has 0 atom stereocenters. The highest BCUT2D eigenvalue weighted by atomic mass is 32.2. The molecule has 5 nitrogen and oxygen atoms in total. The number of hydrogen-bond donors (Lipinski definition) is 1. The van der Waals surface area contributed by atoms with Gasteiger partial charge in [-0.3, -0.25) is 9.59 Å². The summed E-state index contributed by atoms with van der Waals surface area (Å²) in [6.07, 6.45) is 6.48. The average Bonchev–Trinajstić information content (AvgIpc) is 3.38. The van der Waals surface area contributed by atoms with E-state index in [1.807, 2.05) is 11.0 Å². The van der Waals surface area contributed by atoms with Gasteiger partial charge in [0.2, 0.25) is 5.91 Å². The summed E-state index contributed by atoms with van der Waals surface area (Å²) in [5.74, 6) is 2.53. The van der Waals surface area contributed by atoms with Gasteiger partial charge in [0.1, 0.15) is 16.5 Å². The van der Waals surface area contributed by atoms with Gasteiger partial charge in [-0.25, -0.2) is 9.37 Å². The maximum Gasteiger partial charge on any atom is 0.259 e. The molecule has 1 fully saturated rings. The average molecular weight is 486 g/mol. The highest BCUT2D eigenvalue weighted by molar-refractivity contribution is 7.98. The number of benzene rings is 1. The van der Waals surface area contributed by atoms with Crippen molar-refractivity contribution in [3.05, 3.63) is 62.3 Å². The summed E-state index contributed by atoms with van der Waals surface area (Å²) in [6, 6.07) is 6.82. The van der Waals surface area contributed by atoms with Crippen LogP contribution in [-0.4, -0.2) is 39.6 Å². The fourth-order valence-electron chi connectivity index (χ4n) is 4.99. The number of aryl methyl sites for hydroxylation is 2. The van der Waals surface area contributed by atoms with Crippen molar-refractivity contribution in [3.8, 4) is 0 Å². The largest absolute Gasteiger partial charge is 0.343 e. The van der Waals surface area contributed by atoms with Crippen molar-refractivity contribution in [2.24, 2.45) is 5.92 Å². The van der Waals surface area contributed by atoms with Gasteiger partial charge < -0.3 is 9.88 Å².